The van der Waals surface area contributed by atoms with Crippen LogP contribution in [-0.2, 0) is 12.8 Å². The summed E-state index contributed by atoms with van der Waals surface area (Å²) in [6.45, 7) is 2.11. The van der Waals surface area contributed by atoms with Gasteiger partial charge in [0.25, 0.3) is 0 Å². The second kappa shape index (κ2) is 2.91. The molecule has 0 amide bonds. The lowest BCUT2D eigenvalue weighted by Crippen LogP contribution is -2.27. The van der Waals surface area contributed by atoms with E-state index < -0.39 is 0 Å². The summed E-state index contributed by atoms with van der Waals surface area (Å²) >= 11 is 0. The molecule has 0 saturated carbocycles. The summed E-state index contributed by atoms with van der Waals surface area (Å²) in [6.07, 6.45) is 1.72. The Labute approximate surface area is 73.0 Å². The molecule has 0 aromatic heterocycles. The molecule has 0 bridgehead atoms. The fraction of sp³-hybridized carbons (Fsp3) is 0.455. The van der Waals surface area contributed by atoms with Crippen LogP contribution in [0.5, 0.6) is 0 Å². The van der Waals surface area contributed by atoms with Crippen molar-refractivity contribution in [2.75, 3.05) is 0 Å². The summed E-state index contributed by atoms with van der Waals surface area (Å²) in [6, 6.07) is 8.40. The van der Waals surface area contributed by atoms with Crippen molar-refractivity contribution < 1.29 is 5.11 Å². The van der Waals surface area contributed by atoms with Gasteiger partial charge in [-0.1, -0.05) is 31.2 Å². The summed E-state index contributed by atoms with van der Waals surface area (Å²) < 4.78 is 0. The Balaban J connectivity index is 2.34. The number of aliphatic hydroxyl groups excluding tert-OH is 1. The standard InChI is InChI=1S/C11H14O/c1-8-6-9-4-2-3-5-10(9)7-11(8)12/h2-5,8,11-12H,6-7H2,1H3. The van der Waals surface area contributed by atoms with Crippen molar-refractivity contribution in [1.82, 2.24) is 0 Å². The Kier molecular flexibility index (Phi) is 1.89. The van der Waals surface area contributed by atoms with Gasteiger partial charge in [0.1, 0.15) is 0 Å². The van der Waals surface area contributed by atoms with E-state index in [1.54, 1.807) is 0 Å². The lowest BCUT2D eigenvalue weighted by atomic mass is 9.83. The Bertz CT molecular complexity index is 251. The highest BCUT2D eigenvalue weighted by molar-refractivity contribution is 5.30. The zero-order chi connectivity index (χ0) is 8.55. The predicted octanol–water partition coefficient (Wildman–Crippen LogP) is 1.78. The smallest absolute Gasteiger partial charge is 0.0609 e. The Morgan fingerprint density at radius 1 is 1.17 bits per heavy atom. The van der Waals surface area contributed by atoms with E-state index in [-0.39, 0.29) is 6.10 Å². The number of rotatable bonds is 0. The molecule has 1 aliphatic carbocycles. The highest BCUT2D eigenvalue weighted by Gasteiger charge is 2.22. The first-order valence-corrected chi connectivity index (χ1v) is 4.52. The second-order valence-electron chi connectivity index (χ2n) is 3.72. The van der Waals surface area contributed by atoms with E-state index in [9.17, 15) is 5.11 Å². The Hall–Kier alpha value is -0.820. The fourth-order valence-corrected chi connectivity index (χ4v) is 1.87. The van der Waals surface area contributed by atoms with Crippen LogP contribution in [0.15, 0.2) is 24.3 Å². The molecule has 1 nitrogen and oxygen atoms in total. The van der Waals surface area contributed by atoms with Gasteiger partial charge in [0.2, 0.25) is 0 Å². The maximum atomic E-state index is 9.62. The molecular weight excluding hydrogens is 148 g/mol. The molecule has 1 N–H and O–H groups in total. The number of fused-ring (bicyclic) bond motifs is 1. The lowest BCUT2D eigenvalue weighted by molar-refractivity contribution is 0.109. The minimum absolute atomic E-state index is 0.139. The molecule has 1 heteroatoms. The largest absolute Gasteiger partial charge is 0.392 e. The quantitative estimate of drug-likeness (QED) is 0.616. The third kappa shape index (κ3) is 1.25. The van der Waals surface area contributed by atoms with Crippen LogP contribution >= 0.6 is 0 Å². The number of hydrogen-bond donors (Lipinski definition) is 1. The highest BCUT2D eigenvalue weighted by atomic mass is 16.3. The van der Waals surface area contributed by atoms with Crippen molar-refractivity contribution in [2.24, 2.45) is 5.92 Å². The number of aliphatic hydroxyl groups is 1. The topological polar surface area (TPSA) is 20.2 Å². The van der Waals surface area contributed by atoms with Crippen LogP contribution in [0.1, 0.15) is 18.1 Å². The first-order valence-electron chi connectivity index (χ1n) is 4.52. The van der Waals surface area contributed by atoms with Crippen molar-refractivity contribution >= 4 is 0 Å². The van der Waals surface area contributed by atoms with Gasteiger partial charge < -0.3 is 5.11 Å². The normalized spacial score (nSPS) is 28.2. The Morgan fingerprint density at radius 2 is 1.75 bits per heavy atom. The van der Waals surface area contributed by atoms with Crippen LogP contribution in [-0.4, -0.2) is 11.2 Å². The predicted molar refractivity (Wildman–Crippen MR) is 49.0 cm³/mol. The fourth-order valence-electron chi connectivity index (χ4n) is 1.87. The molecule has 2 atom stereocenters. The SMILES string of the molecule is CC1Cc2ccccc2CC1O. The van der Waals surface area contributed by atoms with Crippen LogP contribution in [0.4, 0.5) is 0 Å². The minimum atomic E-state index is -0.139. The van der Waals surface area contributed by atoms with Crippen LogP contribution < -0.4 is 0 Å². The van der Waals surface area contributed by atoms with E-state index in [1.807, 2.05) is 6.07 Å². The summed E-state index contributed by atoms with van der Waals surface area (Å²) in [7, 11) is 0. The lowest BCUT2D eigenvalue weighted by Gasteiger charge is -2.26. The summed E-state index contributed by atoms with van der Waals surface area (Å²) in [4.78, 5) is 0. The molecule has 0 saturated heterocycles. The summed E-state index contributed by atoms with van der Waals surface area (Å²) in [5, 5.41) is 9.62. The zero-order valence-electron chi connectivity index (χ0n) is 7.33. The van der Waals surface area contributed by atoms with E-state index in [1.165, 1.54) is 11.1 Å². The van der Waals surface area contributed by atoms with E-state index in [2.05, 4.69) is 25.1 Å². The summed E-state index contributed by atoms with van der Waals surface area (Å²) in [5.41, 5.74) is 2.73. The molecular formula is C11H14O. The third-order valence-corrected chi connectivity index (χ3v) is 2.75. The van der Waals surface area contributed by atoms with Crippen molar-refractivity contribution in [3.63, 3.8) is 0 Å². The molecule has 0 aliphatic heterocycles. The molecule has 0 heterocycles. The maximum absolute atomic E-state index is 9.62. The molecule has 0 radical (unpaired) electrons. The molecule has 12 heavy (non-hydrogen) atoms. The van der Waals surface area contributed by atoms with Gasteiger partial charge in [0.15, 0.2) is 0 Å². The zero-order valence-corrected chi connectivity index (χ0v) is 7.33. The molecule has 0 spiro atoms. The molecule has 1 aromatic rings. The average Bonchev–Trinajstić information content (AvgIpc) is 2.07. The van der Waals surface area contributed by atoms with E-state index in [0.717, 1.165) is 12.8 Å². The van der Waals surface area contributed by atoms with Crippen LogP contribution in [0.25, 0.3) is 0 Å². The van der Waals surface area contributed by atoms with E-state index >= 15 is 0 Å². The van der Waals surface area contributed by atoms with Gasteiger partial charge in [-0.05, 0) is 29.9 Å². The van der Waals surface area contributed by atoms with Gasteiger partial charge in [-0.25, -0.2) is 0 Å². The van der Waals surface area contributed by atoms with Gasteiger partial charge in [0.05, 0.1) is 6.10 Å². The van der Waals surface area contributed by atoms with E-state index in [4.69, 9.17) is 0 Å². The van der Waals surface area contributed by atoms with Crippen molar-refractivity contribution in [3.8, 4) is 0 Å². The monoisotopic (exact) mass is 162 g/mol. The molecule has 64 valence electrons. The number of hydrogen-bond acceptors (Lipinski definition) is 1. The second-order valence-corrected chi connectivity index (χ2v) is 3.72. The molecule has 1 aliphatic rings. The average molecular weight is 162 g/mol. The minimum Gasteiger partial charge on any atom is -0.392 e. The van der Waals surface area contributed by atoms with Crippen molar-refractivity contribution in [2.45, 2.75) is 25.9 Å². The van der Waals surface area contributed by atoms with Gasteiger partial charge in [-0.3, -0.25) is 0 Å². The van der Waals surface area contributed by atoms with Gasteiger partial charge in [0, 0.05) is 0 Å². The first-order chi connectivity index (χ1) is 5.77. The molecule has 0 fully saturated rings. The maximum Gasteiger partial charge on any atom is 0.0609 e. The van der Waals surface area contributed by atoms with Gasteiger partial charge >= 0.3 is 0 Å². The van der Waals surface area contributed by atoms with Crippen molar-refractivity contribution in [3.05, 3.63) is 35.4 Å². The van der Waals surface area contributed by atoms with E-state index in [0.29, 0.717) is 5.92 Å². The van der Waals surface area contributed by atoms with Crippen LogP contribution in [0, 0.1) is 5.92 Å². The summed E-state index contributed by atoms with van der Waals surface area (Å²) in [5.74, 6) is 0.417. The van der Waals surface area contributed by atoms with Crippen LogP contribution in [0.3, 0.4) is 0 Å². The Morgan fingerprint density at radius 3 is 2.42 bits per heavy atom. The number of benzene rings is 1. The van der Waals surface area contributed by atoms with Gasteiger partial charge in [-0.15, -0.1) is 0 Å². The third-order valence-electron chi connectivity index (χ3n) is 2.75. The van der Waals surface area contributed by atoms with Crippen molar-refractivity contribution in [1.29, 1.82) is 0 Å². The molecule has 1 aromatic carbocycles. The molecule has 2 unspecified atom stereocenters. The highest BCUT2D eigenvalue weighted by Crippen LogP contribution is 2.24. The molecule has 2 rings (SSSR count). The van der Waals surface area contributed by atoms with Crippen LogP contribution in [0.2, 0.25) is 0 Å². The van der Waals surface area contributed by atoms with Gasteiger partial charge in [-0.2, -0.15) is 0 Å². The first kappa shape index (κ1) is 7.81.